The fourth-order valence-corrected chi connectivity index (χ4v) is 2.53. The lowest BCUT2D eigenvalue weighted by Gasteiger charge is -2.22. The summed E-state index contributed by atoms with van der Waals surface area (Å²) in [5.41, 5.74) is 0. The van der Waals surface area contributed by atoms with Gasteiger partial charge in [0.15, 0.2) is 0 Å². The molecule has 1 fully saturated rings. The summed E-state index contributed by atoms with van der Waals surface area (Å²) < 4.78 is 0. The van der Waals surface area contributed by atoms with Crippen LogP contribution in [0.25, 0.3) is 0 Å². The molecule has 0 spiro atoms. The predicted molar refractivity (Wildman–Crippen MR) is 65.9 cm³/mol. The summed E-state index contributed by atoms with van der Waals surface area (Å²) in [5.74, 6) is 0.598. The number of aliphatic carboxylic acids is 1. The third-order valence-corrected chi connectivity index (χ3v) is 3.82. The second-order valence-corrected chi connectivity index (χ2v) is 5.57. The van der Waals surface area contributed by atoms with E-state index in [1.54, 1.807) is 0 Å². The number of rotatable bonds is 4. The van der Waals surface area contributed by atoms with Crippen LogP contribution in [-0.2, 0) is 4.79 Å². The first kappa shape index (κ1) is 13.8. The van der Waals surface area contributed by atoms with Crippen molar-refractivity contribution in [3.8, 4) is 0 Å². The van der Waals surface area contributed by atoms with E-state index in [-0.39, 0.29) is 0 Å². The molecule has 1 aliphatic heterocycles. The maximum atomic E-state index is 10.7. The van der Waals surface area contributed by atoms with Gasteiger partial charge >= 0.3 is 5.97 Å². The number of halogens is 1. The van der Waals surface area contributed by atoms with Crippen molar-refractivity contribution in [3.63, 3.8) is 0 Å². The third-order valence-electron chi connectivity index (χ3n) is 3.49. The van der Waals surface area contributed by atoms with Gasteiger partial charge in [-0.1, -0.05) is 13.8 Å². The highest BCUT2D eigenvalue weighted by Gasteiger charge is 2.23. The van der Waals surface area contributed by atoms with Crippen LogP contribution in [0.1, 0.15) is 33.1 Å². The molecule has 0 aromatic rings. The molecule has 0 radical (unpaired) electrons. The number of alkyl halides is 1. The minimum absolute atomic E-state index is 0.474. The van der Waals surface area contributed by atoms with E-state index in [1.807, 2.05) is 0 Å². The van der Waals surface area contributed by atoms with Gasteiger partial charge in [0.05, 0.1) is 0 Å². The van der Waals surface area contributed by atoms with Crippen molar-refractivity contribution in [3.05, 3.63) is 0 Å². The van der Waals surface area contributed by atoms with Crippen LogP contribution in [0.3, 0.4) is 0 Å². The van der Waals surface area contributed by atoms with E-state index in [0.717, 1.165) is 31.3 Å². The van der Waals surface area contributed by atoms with E-state index in [4.69, 9.17) is 16.7 Å². The standard InChI is InChI=1S/C12H22ClNO2/c1-9(2)10-4-3-6-14(7-5-10)8-11(13)12(15)16/h9-11H,3-8H2,1-2H3,(H,15,16). The Kier molecular flexibility index (Phi) is 5.56. The summed E-state index contributed by atoms with van der Waals surface area (Å²) in [6.07, 6.45) is 3.58. The number of carboxylic acids is 1. The van der Waals surface area contributed by atoms with Crippen molar-refractivity contribution < 1.29 is 9.90 Å². The summed E-state index contributed by atoms with van der Waals surface area (Å²) in [7, 11) is 0. The van der Waals surface area contributed by atoms with Gasteiger partial charge in [-0.15, -0.1) is 11.6 Å². The molecule has 94 valence electrons. The van der Waals surface area contributed by atoms with E-state index >= 15 is 0 Å². The number of nitrogens with zero attached hydrogens (tertiary/aromatic N) is 1. The third kappa shape index (κ3) is 4.30. The van der Waals surface area contributed by atoms with Crippen molar-refractivity contribution in [1.82, 2.24) is 4.90 Å². The number of likely N-dealkylation sites (tertiary alicyclic amines) is 1. The summed E-state index contributed by atoms with van der Waals surface area (Å²) in [4.78, 5) is 12.9. The first-order valence-electron chi connectivity index (χ1n) is 6.10. The van der Waals surface area contributed by atoms with Crippen molar-refractivity contribution >= 4 is 17.6 Å². The lowest BCUT2D eigenvalue weighted by molar-refractivity contribution is -0.136. The molecule has 0 saturated carbocycles. The van der Waals surface area contributed by atoms with E-state index in [0.29, 0.717) is 6.54 Å². The Morgan fingerprint density at radius 2 is 2.12 bits per heavy atom. The lowest BCUT2D eigenvalue weighted by atomic mass is 9.89. The van der Waals surface area contributed by atoms with Crippen LogP contribution < -0.4 is 0 Å². The SMILES string of the molecule is CC(C)C1CCCN(CC(Cl)C(=O)O)CC1. The van der Waals surface area contributed by atoms with E-state index in [2.05, 4.69) is 18.7 Å². The summed E-state index contributed by atoms with van der Waals surface area (Å²) in [6.45, 7) is 6.98. The highest BCUT2D eigenvalue weighted by Crippen LogP contribution is 2.24. The zero-order valence-corrected chi connectivity index (χ0v) is 10.9. The Morgan fingerprint density at radius 1 is 1.44 bits per heavy atom. The monoisotopic (exact) mass is 247 g/mol. The van der Waals surface area contributed by atoms with Crippen LogP contribution in [0.4, 0.5) is 0 Å². The van der Waals surface area contributed by atoms with Crippen LogP contribution >= 0.6 is 11.6 Å². The fraction of sp³-hybridized carbons (Fsp3) is 0.917. The quantitative estimate of drug-likeness (QED) is 0.776. The lowest BCUT2D eigenvalue weighted by Crippen LogP contribution is -2.34. The number of carbonyl (C=O) groups is 1. The molecular formula is C12H22ClNO2. The van der Waals surface area contributed by atoms with Crippen LogP contribution in [0, 0.1) is 11.8 Å². The molecule has 1 heterocycles. The normalized spacial score (nSPS) is 25.4. The first-order valence-corrected chi connectivity index (χ1v) is 6.53. The number of hydrogen-bond acceptors (Lipinski definition) is 2. The average molecular weight is 248 g/mol. The van der Waals surface area contributed by atoms with E-state index in [9.17, 15) is 4.79 Å². The molecule has 0 aliphatic carbocycles. The first-order chi connectivity index (χ1) is 7.50. The van der Waals surface area contributed by atoms with Gasteiger partial charge in [0.2, 0.25) is 0 Å². The van der Waals surface area contributed by atoms with Gasteiger partial charge in [0.25, 0.3) is 0 Å². The smallest absolute Gasteiger partial charge is 0.322 e. The summed E-state index contributed by atoms with van der Waals surface area (Å²) in [5, 5.41) is 8.00. The second kappa shape index (κ2) is 6.45. The van der Waals surface area contributed by atoms with E-state index in [1.165, 1.54) is 12.8 Å². The van der Waals surface area contributed by atoms with Gasteiger partial charge < -0.3 is 10.0 Å². The largest absolute Gasteiger partial charge is 0.480 e. The molecule has 2 atom stereocenters. The van der Waals surface area contributed by atoms with Gasteiger partial charge in [-0.3, -0.25) is 4.79 Å². The van der Waals surface area contributed by atoms with Crippen molar-refractivity contribution in [2.75, 3.05) is 19.6 Å². The van der Waals surface area contributed by atoms with Crippen molar-refractivity contribution in [2.24, 2.45) is 11.8 Å². The Bertz CT molecular complexity index is 233. The molecule has 1 saturated heterocycles. The molecule has 2 unspecified atom stereocenters. The maximum absolute atomic E-state index is 10.7. The summed E-state index contributed by atoms with van der Waals surface area (Å²) in [6, 6.07) is 0. The van der Waals surface area contributed by atoms with Crippen molar-refractivity contribution in [1.29, 1.82) is 0 Å². The molecule has 1 N–H and O–H groups in total. The molecule has 0 amide bonds. The minimum atomic E-state index is -0.911. The molecule has 3 nitrogen and oxygen atoms in total. The molecule has 1 aliphatic rings. The fourth-order valence-electron chi connectivity index (χ4n) is 2.34. The van der Waals surface area contributed by atoms with Crippen LogP contribution in [0.5, 0.6) is 0 Å². The second-order valence-electron chi connectivity index (χ2n) is 5.04. The predicted octanol–water partition coefficient (Wildman–Crippen LogP) is 2.44. The summed E-state index contributed by atoms with van der Waals surface area (Å²) >= 11 is 5.76. The molecule has 16 heavy (non-hydrogen) atoms. The topological polar surface area (TPSA) is 40.5 Å². The van der Waals surface area contributed by atoms with Crippen LogP contribution in [0.15, 0.2) is 0 Å². The Balaban J connectivity index is 2.38. The van der Waals surface area contributed by atoms with Gasteiger partial charge in [-0.2, -0.15) is 0 Å². The zero-order valence-electron chi connectivity index (χ0n) is 10.2. The molecular weight excluding hydrogens is 226 g/mol. The molecule has 0 aromatic carbocycles. The van der Waals surface area contributed by atoms with Crippen LogP contribution in [-0.4, -0.2) is 41.0 Å². The highest BCUT2D eigenvalue weighted by molar-refractivity contribution is 6.29. The van der Waals surface area contributed by atoms with Crippen LogP contribution in [0.2, 0.25) is 0 Å². The number of hydrogen-bond donors (Lipinski definition) is 1. The van der Waals surface area contributed by atoms with Gasteiger partial charge in [-0.05, 0) is 44.2 Å². The van der Waals surface area contributed by atoms with E-state index < -0.39 is 11.3 Å². The average Bonchev–Trinajstić information content (AvgIpc) is 2.43. The Morgan fingerprint density at radius 3 is 2.69 bits per heavy atom. The molecule has 0 aromatic heterocycles. The Labute approximate surface area is 103 Å². The molecule has 4 heteroatoms. The van der Waals surface area contributed by atoms with Gasteiger partial charge in [0.1, 0.15) is 5.38 Å². The zero-order chi connectivity index (χ0) is 12.1. The Hall–Kier alpha value is -0.280. The van der Waals surface area contributed by atoms with Crippen molar-refractivity contribution in [2.45, 2.75) is 38.5 Å². The molecule has 0 bridgehead atoms. The number of carboxylic acid groups (broad SMARTS) is 1. The highest BCUT2D eigenvalue weighted by atomic mass is 35.5. The minimum Gasteiger partial charge on any atom is -0.480 e. The van der Waals surface area contributed by atoms with Gasteiger partial charge in [0, 0.05) is 6.54 Å². The van der Waals surface area contributed by atoms with Gasteiger partial charge in [-0.25, -0.2) is 0 Å². The molecule has 1 rings (SSSR count). The maximum Gasteiger partial charge on any atom is 0.322 e.